The van der Waals surface area contributed by atoms with E-state index in [-0.39, 0.29) is 12.3 Å². The standard InChI is InChI=1S/C11H17N3O4/c1-8-5-12-11(4-10(8)14(16)17)13(2)6-9(15)7-18-3/h4-5,9,15H,6-7H2,1-3H3. The van der Waals surface area contributed by atoms with Crippen molar-refractivity contribution in [3.63, 3.8) is 0 Å². The maximum atomic E-state index is 10.8. The van der Waals surface area contributed by atoms with Crippen molar-refractivity contribution in [3.05, 3.63) is 27.9 Å². The van der Waals surface area contributed by atoms with Crippen molar-refractivity contribution in [2.24, 2.45) is 0 Å². The van der Waals surface area contributed by atoms with Crippen LogP contribution in [0, 0.1) is 17.0 Å². The first-order valence-electron chi connectivity index (χ1n) is 5.45. The number of aryl methyl sites for hydroxylation is 1. The van der Waals surface area contributed by atoms with Crippen molar-refractivity contribution >= 4 is 11.5 Å². The van der Waals surface area contributed by atoms with E-state index in [1.54, 1.807) is 18.9 Å². The second-order valence-electron chi connectivity index (χ2n) is 4.08. The summed E-state index contributed by atoms with van der Waals surface area (Å²) in [6.07, 6.45) is 0.786. The summed E-state index contributed by atoms with van der Waals surface area (Å²) in [7, 11) is 3.21. The Morgan fingerprint density at radius 3 is 2.89 bits per heavy atom. The van der Waals surface area contributed by atoms with Gasteiger partial charge in [0.25, 0.3) is 5.69 Å². The predicted molar refractivity (Wildman–Crippen MR) is 66.8 cm³/mol. The Morgan fingerprint density at radius 2 is 2.33 bits per heavy atom. The number of ether oxygens (including phenoxy) is 1. The van der Waals surface area contributed by atoms with Crippen molar-refractivity contribution in [2.75, 3.05) is 32.2 Å². The Morgan fingerprint density at radius 1 is 1.67 bits per heavy atom. The van der Waals surface area contributed by atoms with Crippen LogP contribution < -0.4 is 4.90 Å². The number of methoxy groups -OCH3 is 1. The second-order valence-corrected chi connectivity index (χ2v) is 4.08. The zero-order chi connectivity index (χ0) is 13.7. The number of rotatable bonds is 6. The molecule has 0 aliphatic heterocycles. The summed E-state index contributed by atoms with van der Waals surface area (Å²) < 4.78 is 4.82. The van der Waals surface area contributed by atoms with Crippen LogP contribution in [0.25, 0.3) is 0 Å². The molecule has 1 N–H and O–H groups in total. The minimum atomic E-state index is -0.665. The van der Waals surface area contributed by atoms with Gasteiger partial charge in [0.05, 0.1) is 23.7 Å². The normalized spacial score (nSPS) is 12.2. The van der Waals surface area contributed by atoms with E-state index in [2.05, 4.69) is 4.98 Å². The van der Waals surface area contributed by atoms with Gasteiger partial charge in [-0.25, -0.2) is 4.98 Å². The first-order valence-corrected chi connectivity index (χ1v) is 5.45. The molecule has 18 heavy (non-hydrogen) atoms. The fourth-order valence-corrected chi connectivity index (χ4v) is 1.56. The van der Waals surface area contributed by atoms with E-state index in [4.69, 9.17) is 4.74 Å². The molecule has 0 aromatic carbocycles. The first-order chi connectivity index (χ1) is 8.45. The SMILES string of the molecule is COCC(O)CN(C)c1cc([N+](=O)[O-])c(C)cn1. The van der Waals surface area contributed by atoms with E-state index >= 15 is 0 Å². The van der Waals surface area contributed by atoms with Gasteiger partial charge in [-0.3, -0.25) is 10.1 Å². The fourth-order valence-electron chi connectivity index (χ4n) is 1.56. The molecule has 0 aliphatic carbocycles. The number of aromatic nitrogens is 1. The molecule has 1 unspecified atom stereocenters. The van der Waals surface area contributed by atoms with Crippen LogP contribution in [0.15, 0.2) is 12.3 Å². The summed E-state index contributed by atoms with van der Waals surface area (Å²) in [5.74, 6) is 0.447. The van der Waals surface area contributed by atoms with E-state index in [1.807, 2.05) is 0 Å². The summed E-state index contributed by atoms with van der Waals surface area (Å²) in [6, 6.07) is 1.40. The highest BCUT2D eigenvalue weighted by atomic mass is 16.6. The Bertz CT molecular complexity index is 425. The highest BCUT2D eigenvalue weighted by molar-refractivity contribution is 5.50. The number of aliphatic hydroxyl groups is 1. The molecule has 0 bridgehead atoms. The van der Waals surface area contributed by atoms with Crippen molar-refractivity contribution in [1.29, 1.82) is 0 Å². The summed E-state index contributed by atoms with van der Waals surface area (Å²) in [5, 5.41) is 20.4. The molecule has 1 rings (SSSR count). The quantitative estimate of drug-likeness (QED) is 0.595. The summed E-state index contributed by atoms with van der Waals surface area (Å²) in [6.45, 7) is 2.13. The zero-order valence-corrected chi connectivity index (χ0v) is 10.7. The van der Waals surface area contributed by atoms with Gasteiger partial charge in [-0.1, -0.05) is 0 Å². The molecule has 0 spiro atoms. The van der Waals surface area contributed by atoms with Gasteiger partial charge < -0.3 is 14.7 Å². The Labute approximate surface area is 105 Å². The lowest BCUT2D eigenvalue weighted by Crippen LogP contribution is -2.32. The molecule has 0 saturated heterocycles. The third kappa shape index (κ3) is 3.64. The Balaban J connectivity index is 2.83. The monoisotopic (exact) mass is 255 g/mol. The Hall–Kier alpha value is -1.73. The molecular formula is C11H17N3O4. The average Bonchev–Trinajstić information content (AvgIpc) is 2.29. The smallest absolute Gasteiger partial charge is 0.277 e. The van der Waals surface area contributed by atoms with E-state index in [0.717, 1.165) is 0 Å². The van der Waals surface area contributed by atoms with Gasteiger partial charge in [0.1, 0.15) is 5.82 Å². The molecule has 0 saturated carbocycles. The van der Waals surface area contributed by atoms with E-state index in [0.29, 0.717) is 17.9 Å². The van der Waals surface area contributed by atoms with Crippen LogP contribution in [-0.4, -0.2) is 48.4 Å². The Kier molecular flexibility index (Phi) is 4.99. The molecule has 1 aromatic heterocycles. The topological polar surface area (TPSA) is 88.7 Å². The molecule has 100 valence electrons. The van der Waals surface area contributed by atoms with Crippen LogP contribution in [0.2, 0.25) is 0 Å². The van der Waals surface area contributed by atoms with Crippen molar-refractivity contribution in [2.45, 2.75) is 13.0 Å². The van der Waals surface area contributed by atoms with Crippen LogP contribution in [0.3, 0.4) is 0 Å². The molecule has 7 nitrogen and oxygen atoms in total. The predicted octanol–water partition coefficient (Wildman–Crippen LogP) is 0.742. The van der Waals surface area contributed by atoms with Gasteiger partial charge in [-0.2, -0.15) is 0 Å². The lowest BCUT2D eigenvalue weighted by atomic mass is 10.2. The van der Waals surface area contributed by atoms with Crippen LogP contribution >= 0.6 is 0 Å². The van der Waals surface area contributed by atoms with Crippen molar-refractivity contribution in [1.82, 2.24) is 4.98 Å². The van der Waals surface area contributed by atoms with Gasteiger partial charge >= 0.3 is 0 Å². The van der Waals surface area contributed by atoms with Gasteiger partial charge in [-0.15, -0.1) is 0 Å². The minimum absolute atomic E-state index is 0.0214. The van der Waals surface area contributed by atoms with Gasteiger partial charge in [0, 0.05) is 32.5 Å². The van der Waals surface area contributed by atoms with Gasteiger partial charge in [0.2, 0.25) is 0 Å². The number of hydrogen-bond acceptors (Lipinski definition) is 6. The number of aliphatic hydroxyl groups excluding tert-OH is 1. The van der Waals surface area contributed by atoms with Crippen molar-refractivity contribution < 1.29 is 14.8 Å². The average molecular weight is 255 g/mol. The largest absolute Gasteiger partial charge is 0.389 e. The first kappa shape index (κ1) is 14.3. The van der Waals surface area contributed by atoms with Crippen LogP contribution in [0.1, 0.15) is 5.56 Å². The molecule has 1 aromatic rings. The zero-order valence-electron chi connectivity index (χ0n) is 10.7. The molecule has 1 heterocycles. The molecule has 0 aliphatic rings. The maximum absolute atomic E-state index is 10.8. The number of pyridine rings is 1. The number of likely N-dealkylation sites (N-methyl/N-ethyl adjacent to an activating group) is 1. The highest BCUT2D eigenvalue weighted by Gasteiger charge is 2.15. The summed E-state index contributed by atoms with van der Waals surface area (Å²) >= 11 is 0. The van der Waals surface area contributed by atoms with E-state index in [9.17, 15) is 15.2 Å². The molecule has 0 radical (unpaired) electrons. The molecular weight excluding hydrogens is 238 g/mol. The minimum Gasteiger partial charge on any atom is -0.389 e. The number of anilines is 1. The van der Waals surface area contributed by atoms with Gasteiger partial charge in [0.15, 0.2) is 0 Å². The summed E-state index contributed by atoms with van der Waals surface area (Å²) in [4.78, 5) is 16.1. The number of nitrogens with zero attached hydrogens (tertiary/aromatic N) is 3. The molecule has 0 fully saturated rings. The molecule has 7 heteroatoms. The lowest BCUT2D eigenvalue weighted by molar-refractivity contribution is -0.385. The number of hydrogen-bond donors (Lipinski definition) is 1. The van der Waals surface area contributed by atoms with Gasteiger partial charge in [-0.05, 0) is 6.92 Å². The van der Waals surface area contributed by atoms with Crippen LogP contribution in [-0.2, 0) is 4.74 Å². The fraction of sp³-hybridized carbons (Fsp3) is 0.545. The maximum Gasteiger partial charge on any atom is 0.277 e. The van der Waals surface area contributed by atoms with Crippen LogP contribution in [0.4, 0.5) is 11.5 Å². The third-order valence-electron chi connectivity index (χ3n) is 2.49. The molecule has 1 atom stereocenters. The lowest BCUT2D eigenvalue weighted by Gasteiger charge is -2.21. The van der Waals surface area contributed by atoms with Crippen LogP contribution in [0.5, 0.6) is 0 Å². The second kappa shape index (κ2) is 6.27. The van der Waals surface area contributed by atoms with E-state index < -0.39 is 11.0 Å². The highest BCUT2D eigenvalue weighted by Crippen LogP contribution is 2.21. The molecule has 0 amide bonds. The summed E-state index contributed by atoms with van der Waals surface area (Å²) in [5.41, 5.74) is 0.530. The van der Waals surface area contributed by atoms with E-state index in [1.165, 1.54) is 19.4 Å². The van der Waals surface area contributed by atoms with Crippen molar-refractivity contribution in [3.8, 4) is 0 Å². The third-order valence-corrected chi connectivity index (χ3v) is 2.49. The number of nitro groups is 1.